The second-order valence-electron chi connectivity index (χ2n) is 8.00. The van der Waals surface area contributed by atoms with E-state index < -0.39 is 11.6 Å². The maximum absolute atomic E-state index is 14.3. The third-order valence-corrected chi connectivity index (χ3v) is 5.93. The van der Waals surface area contributed by atoms with Gasteiger partial charge in [-0.1, -0.05) is 30.3 Å². The van der Waals surface area contributed by atoms with Crippen molar-refractivity contribution in [2.45, 2.75) is 31.7 Å². The molecular weight excluding hydrogens is 414 g/mol. The number of benzene rings is 2. The molecule has 1 aromatic heterocycles. The molecule has 5 rings (SSSR count). The number of aromatic nitrogens is 2. The zero-order valence-electron chi connectivity index (χ0n) is 17.1. The first-order chi connectivity index (χ1) is 15.5. The Morgan fingerprint density at radius 2 is 1.69 bits per heavy atom. The molecule has 6 nitrogen and oxygen atoms in total. The van der Waals surface area contributed by atoms with Crippen LogP contribution in [0.4, 0.5) is 8.78 Å². The summed E-state index contributed by atoms with van der Waals surface area (Å²) in [6.45, 7) is 0.891. The van der Waals surface area contributed by atoms with Crippen molar-refractivity contribution in [3.63, 3.8) is 0 Å². The maximum Gasteiger partial charge on any atom is 0.255 e. The molecule has 1 saturated heterocycles. The Morgan fingerprint density at radius 3 is 2.41 bits per heavy atom. The van der Waals surface area contributed by atoms with Crippen LogP contribution in [0.15, 0.2) is 42.5 Å². The van der Waals surface area contributed by atoms with Crippen molar-refractivity contribution in [1.82, 2.24) is 20.6 Å². The van der Waals surface area contributed by atoms with E-state index in [9.17, 15) is 18.4 Å². The van der Waals surface area contributed by atoms with Crippen molar-refractivity contribution in [2.75, 3.05) is 6.54 Å². The molecule has 2 amide bonds. The summed E-state index contributed by atoms with van der Waals surface area (Å²) in [7, 11) is 0. The molecule has 2 N–H and O–H groups in total. The van der Waals surface area contributed by atoms with E-state index >= 15 is 0 Å². The molecule has 3 aromatic rings. The van der Waals surface area contributed by atoms with Crippen molar-refractivity contribution in [3.05, 3.63) is 82.2 Å². The van der Waals surface area contributed by atoms with Gasteiger partial charge in [-0.3, -0.25) is 9.59 Å². The molecular formula is C24H20F2N4O2. The number of nitrogens with one attached hydrogen (secondary N) is 2. The van der Waals surface area contributed by atoms with Gasteiger partial charge in [0.2, 0.25) is 5.91 Å². The molecule has 3 heterocycles. The minimum Gasteiger partial charge on any atom is -0.356 e. The van der Waals surface area contributed by atoms with Crippen LogP contribution in [0.25, 0.3) is 11.4 Å². The summed E-state index contributed by atoms with van der Waals surface area (Å²) < 4.78 is 28.7. The van der Waals surface area contributed by atoms with E-state index in [1.54, 1.807) is 0 Å². The number of rotatable bonds is 4. The van der Waals surface area contributed by atoms with Crippen LogP contribution in [-0.2, 0) is 17.8 Å². The third-order valence-electron chi connectivity index (χ3n) is 5.93. The fourth-order valence-electron chi connectivity index (χ4n) is 4.30. The minimum absolute atomic E-state index is 0.0332. The van der Waals surface area contributed by atoms with Gasteiger partial charge in [-0.2, -0.15) is 0 Å². The summed E-state index contributed by atoms with van der Waals surface area (Å²) >= 11 is 0. The topological polar surface area (TPSA) is 84.0 Å². The van der Waals surface area contributed by atoms with Crippen LogP contribution in [0.5, 0.6) is 0 Å². The number of hydrogen-bond acceptors (Lipinski definition) is 4. The second-order valence-corrected chi connectivity index (χ2v) is 8.00. The number of amides is 2. The van der Waals surface area contributed by atoms with Gasteiger partial charge in [-0.25, -0.2) is 18.7 Å². The van der Waals surface area contributed by atoms with Crippen molar-refractivity contribution in [1.29, 1.82) is 0 Å². The number of hydrogen-bond donors (Lipinski definition) is 2. The predicted molar refractivity (Wildman–Crippen MR) is 113 cm³/mol. The van der Waals surface area contributed by atoms with Crippen molar-refractivity contribution in [2.24, 2.45) is 0 Å². The standard InChI is InChI=1S/C24H20F2N4O2/c25-16-4-1-5-17(26)20(16)22-29-18(21-19(30-22)12-28-24(21)32)11-13-6-8-14(9-7-13)15-3-2-10-27-23(15)31/h1,4-9,15H,2-3,10-12H2,(H,27,31)(H,28,32)/t15-/m1/s1. The van der Waals surface area contributed by atoms with Crippen LogP contribution in [0.1, 0.15) is 51.6 Å². The molecule has 2 aliphatic heterocycles. The molecule has 0 bridgehead atoms. The average molecular weight is 434 g/mol. The van der Waals surface area contributed by atoms with Crippen LogP contribution in [0.3, 0.4) is 0 Å². The lowest BCUT2D eigenvalue weighted by Crippen LogP contribution is -2.35. The summed E-state index contributed by atoms with van der Waals surface area (Å²) in [5, 5.41) is 5.59. The van der Waals surface area contributed by atoms with E-state index in [4.69, 9.17) is 0 Å². The lowest BCUT2D eigenvalue weighted by Gasteiger charge is -2.22. The zero-order valence-corrected chi connectivity index (χ0v) is 17.1. The van der Waals surface area contributed by atoms with Gasteiger partial charge in [0.25, 0.3) is 5.91 Å². The van der Waals surface area contributed by atoms with Crippen LogP contribution >= 0.6 is 0 Å². The third kappa shape index (κ3) is 3.62. The van der Waals surface area contributed by atoms with Crippen LogP contribution in [-0.4, -0.2) is 28.3 Å². The molecule has 0 radical (unpaired) electrons. The fraction of sp³-hybridized carbons (Fsp3) is 0.250. The number of carbonyl (C=O) groups is 2. The smallest absolute Gasteiger partial charge is 0.255 e. The van der Waals surface area contributed by atoms with Gasteiger partial charge in [-0.05, 0) is 36.1 Å². The molecule has 0 spiro atoms. The molecule has 2 aromatic carbocycles. The Labute approximate surface area is 183 Å². The SMILES string of the molecule is O=C1NCc2nc(-c3c(F)cccc3F)nc(Cc3ccc([C@H]4CCCNC4=O)cc3)c21. The maximum atomic E-state index is 14.3. The Balaban J connectivity index is 1.50. The van der Waals surface area contributed by atoms with Crippen molar-refractivity contribution < 1.29 is 18.4 Å². The average Bonchev–Trinajstić information content (AvgIpc) is 3.16. The Hall–Kier alpha value is -3.68. The van der Waals surface area contributed by atoms with Crippen molar-refractivity contribution in [3.8, 4) is 11.4 Å². The molecule has 8 heteroatoms. The number of carbonyl (C=O) groups excluding carboxylic acids is 2. The van der Waals surface area contributed by atoms with E-state index in [0.717, 1.165) is 36.1 Å². The zero-order chi connectivity index (χ0) is 22.2. The highest BCUT2D eigenvalue weighted by atomic mass is 19.1. The second kappa shape index (κ2) is 8.11. The number of nitrogens with zero attached hydrogens (tertiary/aromatic N) is 2. The predicted octanol–water partition coefficient (Wildman–Crippen LogP) is 3.25. The van der Waals surface area contributed by atoms with Gasteiger partial charge in [0.1, 0.15) is 11.6 Å². The van der Waals surface area contributed by atoms with Gasteiger partial charge in [0.15, 0.2) is 5.82 Å². The molecule has 0 saturated carbocycles. The highest BCUT2D eigenvalue weighted by Crippen LogP contribution is 2.29. The molecule has 162 valence electrons. The Bertz CT molecular complexity index is 1210. The first-order valence-corrected chi connectivity index (χ1v) is 10.5. The van der Waals surface area contributed by atoms with Gasteiger partial charge in [-0.15, -0.1) is 0 Å². The van der Waals surface area contributed by atoms with Crippen LogP contribution in [0, 0.1) is 11.6 Å². The fourth-order valence-corrected chi connectivity index (χ4v) is 4.30. The summed E-state index contributed by atoms with van der Waals surface area (Å²) in [6.07, 6.45) is 2.04. The van der Waals surface area contributed by atoms with E-state index in [1.165, 1.54) is 6.07 Å². The normalized spacial score (nSPS) is 17.6. The first kappa shape index (κ1) is 20.2. The van der Waals surface area contributed by atoms with E-state index in [0.29, 0.717) is 29.9 Å². The summed E-state index contributed by atoms with van der Waals surface area (Å²) in [5.74, 6) is -2.03. The number of piperidine rings is 1. The first-order valence-electron chi connectivity index (χ1n) is 10.5. The molecule has 0 unspecified atom stereocenters. The Morgan fingerprint density at radius 1 is 0.938 bits per heavy atom. The quantitative estimate of drug-likeness (QED) is 0.660. The Kier molecular flexibility index (Phi) is 5.13. The highest BCUT2D eigenvalue weighted by Gasteiger charge is 2.28. The monoisotopic (exact) mass is 434 g/mol. The van der Waals surface area contributed by atoms with Gasteiger partial charge in [0, 0.05) is 13.0 Å². The molecule has 32 heavy (non-hydrogen) atoms. The van der Waals surface area contributed by atoms with Gasteiger partial charge in [0.05, 0.1) is 35.0 Å². The molecule has 2 aliphatic rings. The lowest BCUT2D eigenvalue weighted by molar-refractivity contribution is -0.123. The van der Waals surface area contributed by atoms with Gasteiger partial charge >= 0.3 is 0 Å². The lowest BCUT2D eigenvalue weighted by atomic mass is 9.90. The molecule has 1 atom stereocenters. The number of fused-ring (bicyclic) bond motifs is 1. The van der Waals surface area contributed by atoms with Gasteiger partial charge < -0.3 is 10.6 Å². The van der Waals surface area contributed by atoms with Crippen molar-refractivity contribution >= 4 is 11.8 Å². The molecule has 0 aliphatic carbocycles. The molecule has 1 fully saturated rings. The highest BCUT2D eigenvalue weighted by molar-refractivity contribution is 5.99. The summed E-state index contributed by atoms with van der Waals surface area (Å²) in [4.78, 5) is 33.2. The van der Waals surface area contributed by atoms with Crippen LogP contribution in [0.2, 0.25) is 0 Å². The summed E-state index contributed by atoms with van der Waals surface area (Å²) in [6, 6.07) is 11.2. The van der Waals surface area contributed by atoms with E-state index in [1.807, 2.05) is 24.3 Å². The van der Waals surface area contributed by atoms with Crippen LogP contribution < -0.4 is 10.6 Å². The van der Waals surface area contributed by atoms with E-state index in [2.05, 4.69) is 20.6 Å². The number of halogens is 2. The van der Waals surface area contributed by atoms with E-state index in [-0.39, 0.29) is 35.7 Å². The summed E-state index contributed by atoms with van der Waals surface area (Å²) in [5.41, 5.74) is 2.67. The largest absolute Gasteiger partial charge is 0.356 e. The minimum atomic E-state index is -0.761.